The molecule has 3 rings (SSSR count). The largest absolute Gasteiger partial charge is 0.459 e. The third kappa shape index (κ3) is 5.04. The highest BCUT2D eigenvalue weighted by Crippen LogP contribution is 2.19. The number of hydrogen-bond acceptors (Lipinski definition) is 7. The second-order valence-corrected chi connectivity index (χ2v) is 6.07. The Balaban J connectivity index is 1.65. The second kappa shape index (κ2) is 8.79. The lowest BCUT2D eigenvalue weighted by Crippen LogP contribution is -2.30. The Morgan fingerprint density at radius 3 is 2.52 bits per heavy atom. The van der Waals surface area contributed by atoms with E-state index in [4.69, 9.17) is 9.15 Å². The van der Waals surface area contributed by atoms with Crippen LogP contribution in [0.15, 0.2) is 59.5 Å². The second-order valence-electron chi connectivity index (χ2n) is 6.07. The SMILES string of the molecule is Cc1ccc(C(=O)OC(C)C(=O)Nc2ncccn2)cc1NC(=O)c1ccco1. The summed E-state index contributed by atoms with van der Waals surface area (Å²) in [6.07, 6.45) is 3.27. The zero-order chi connectivity index (χ0) is 20.8. The Bertz CT molecular complexity index is 1020. The van der Waals surface area contributed by atoms with E-state index >= 15 is 0 Å². The monoisotopic (exact) mass is 394 g/mol. The van der Waals surface area contributed by atoms with E-state index in [0.717, 1.165) is 5.56 Å². The van der Waals surface area contributed by atoms with Gasteiger partial charge in [0.2, 0.25) is 5.95 Å². The zero-order valence-corrected chi connectivity index (χ0v) is 15.7. The van der Waals surface area contributed by atoms with Crippen molar-refractivity contribution < 1.29 is 23.5 Å². The number of carbonyl (C=O) groups is 3. The standard InChI is InChI=1S/C20H18N4O5/c1-12-6-7-14(11-15(12)23-18(26)16-5-3-10-28-16)19(27)29-13(2)17(25)24-20-21-8-4-9-22-20/h3-11,13H,1-2H3,(H,23,26)(H,21,22,24,25). The van der Waals surface area contributed by atoms with Gasteiger partial charge in [0, 0.05) is 18.1 Å². The van der Waals surface area contributed by atoms with Crippen molar-refractivity contribution in [1.82, 2.24) is 9.97 Å². The number of rotatable bonds is 6. The Kier molecular flexibility index (Phi) is 5.98. The average Bonchev–Trinajstić information content (AvgIpc) is 3.25. The number of aryl methyl sites for hydroxylation is 1. The van der Waals surface area contributed by atoms with Gasteiger partial charge in [0.25, 0.3) is 11.8 Å². The topological polar surface area (TPSA) is 123 Å². The molecule has 2 aromatic heterocycles. The summed E-state index contributed by atoms with van der Waals surface area (Å²) in [6.45, 7) is 3.22. The maximum absolute atomic E-state index is 12.4. The van der Waals surface area contributed by atoms with Gasteiger partial charge in [-0.1, -0.05) is 6.07 Å². The number of nitrogens with zero attached hydrogens (tertiary/aromatic N) is 2. The highest BCUT2D eigenvalue weighted by molar-refractivity contribution is 6.03. The fourth-order valence-corrected chi connectivity index (χ4v) is 2.33. The molecule has 0 aliphatic heterocycles. The van der Waals surface area contributed by atoms with E-state index < -0.39 is 23.9 Å². The first-order chi connectivity index (χ1) is 13.9. The van der Waals surface area contributed by atoms with Gasteiger partial charge in [0.1, 0.15) is 0 Å². The van der Waals surface area contributed by atoms with Gasteiger partial charge in [-0.15, -0.1) is 0 Å². The molecule has 0 aliphatic rings. The quantitative estimate of drug-likeness (QED) is 0.616. The number of furan rings is 1. The number of esters is 1. The Hall–Kier alpha value is -4.01. The first kappa shape index (κ1) is 19.7. The van der Waals surface area contributed by atoms with Crippen molar-refractivity contribution in [2.45, 2.75) is 20.0 Å². The molecule has 29 heavy (non-hydrogen) atoms. The van der Waals surface area contributed by atoms with E-state index in [2.05, 4.69) is 20.6 Å². The lowest BCUT2D eigenvalue weighted by atomic mass is 10.1. The van der Waals surface area contributed by atoms with Crippen molar-refractivity contribution >= 4 is 29.4 Å². The van der Waals surface area contributed by atoms with Gasteiger partial charge in [-0.3, -0.25) is 14.9 Å². The third-order valence-corrected chi connectivity index (χ3v) is 3.92. The van der Waals surface area contributed by atoms with Crippen LogP contribution in [0, 0.1) is 6.92 Å². The van der Waals surface area contributed by atoms with Gasteiger partial charge in [-0.2, -0.15) is 0 Å². The number of anilines is 2. The van der Waals surface area contributed by atoms with E-state index in [-0.39, 0.29) is 17.3 Å². The molecule has 3 aromatic rings. The van der Waals surface area contributed by atoms with Crippen molar-refractivity contribution in [2.75, 3.05) is 10.6 Å². The van der Waals surface area contributed by atoms with E-state index in [9.17, 15) is 14.4 Å². The molecule has 0 aliphatic carbocycles. The van der Waals surface area contributed by atoms with Crippen LogP contribution in [0.2, 0.25) is 0 Å². The minimum Gasteiger partial charge on any atom is -0.459 e. The van der Waals surface area contributed by atoms with Crippen molar-refractivity contribution in [2.24, 2.45) is 0 Å². The van der Waals surface area contributed by atoms with Gasteiger partial charge < -0.3 is 14.5 Å². The summed E-state index contributed by atoms with van der Waals surface area (Å²) in [5, 5.41) is 5.14. The number of carbonyl (C=O) groups excluding carboxylic acids is 3. The van der Waals surface area contributed by atoms with Crippen LogP contribution in [-0.2, 0) is 9.53 Å². The minimum absolute atomic E-state index is 0.110. The van der Waals surface area contributed by atoms with E-state index in [0.29, 0.717) is 5.69 Å². The predicted octanol–water partition coefficient (Wildman–Crippen LogP) is 2.81. The summed E-state index contributed by atoms with van der Waals surface area (Å²) in [5.41, 5.74) is 1.35. The Morgan fingerprint density at radius 2 is 1.83 bits per heavy atom. The number of benzene rings is 1. The van der Waals surface area contributed by atoms with Crippen LogP contribution in [0.4, 0.5) is 11.6 Å². The number of aromatic nitrogens is 2. The van der Waals surface area contributed by atoms with Gasteiger partial charge >= 0.3 is 5.97 Å². The summed E-state index contributed by atoms with van der Waals surface area (Å²) in [6, 6.07) is 9.42. The molecule has 9 heteroatoms. The molecule has 148 valence electrons. The van der Waals surface area contributed by atoms with E-state index in [1.165, 1.54) is 37.7 Å². The molecule has 0 saturated heterocycles. The Labute approximate surface area is 166 Å². The number of amides is 2. The van der Waals surface area contributed by atoms with Gasteiger partial charge in [-0.25, -0.2) is 14.8 Å². The predicted molar refractivity (Wildman–Crippen MR) is 103 cm³/mol. The van der Waals surface area contributed by atoms with Crippen LogP contribution in [0.1, 0.15) is 33.4 Å². The fraction of sp³-hybridized carbons (Fsp3) is 0.150. The van der Waals surface area contributed by atoms with Gasteiger partial charge in [-0.05, 0) is 49.7 Å². The lowest BCUT2D eigenvalue weighted by molar-refractivity contribution is -0.123. The molecule has 1 aromatic carbocycles. The smallest absolute Gasteiger partial charge is 0.338 e. The summed E-state index contributed by atoms with van der Waals surface area (Å²) in [5.74, 6) is -1.47. The number of hydrogen-bond donors (Lipinski definition) is 2. The zero-order valence-electron chi connectivity index (χ0n) is 15.7. The van der Waals surface area contributed by atoms with Crippen LogP contribution in [0.25, 0.3) is 0 Å². The van der Waals surface area contributed by atoms with Crippen LogP contribution in [0.3, 0.4) is 0 Å². The Morgan fingerprint density at radius 1 is 1.07 bits per heavy atom. The molecule has 0 saturated carbocycles. The maximum Gasteiger partial charge on any atom is 0.338 e. The molecule has 2 heterocycles. The highest BCUT2D eigenvalue weighted by atomic mass is 16.5. The van der Waals surface area contributed by atoms with Crippen LogP contribution < -0.4 is 10.6 Å². The summed E-state index contributed by atoms with van der Waals surface area (Å²) < 4.78 is 10.3. The van der Waals surface area contributed by atoms with Crippen molar-refractivity contribution in [3.63, 3.8) is 0 Å². The fourth-order valence-electron chi connectivity index (χ4n) is 2.33. The molecule has 2 amide bonds. The molecule has 1 atom stereocenters. The molecule has 0 bridgehead atoms. The molecular weight excluding hydrogens is 376 g/mol. The average molecular weight is 394 g/mol. The van der Waals surface area contributed by atoms with Gasteiger partial charge in [0.15, 0.2) is 11.9 Å². The molecule has 0 fully saturated rings. The summed E-state index contributed by atoms with van der Waals surface area (Å²) in [4.78, 5) is 44.5. The van der Waals surface area contributed by atoms with Crippen LogP contribution in [-0.4, -0.2) is 33.9 Å². The highest BCUT2D eigenvalue weighted by Gasteiger charge is 2.21. The third-order valence-electron chi connectivity index (χ3n) is 3.92. The molecular formula is C20H18N4O5. The number of ether oxygens (including phenoxy) is 1. The molecule has 9 nitrogen and oxygen atoms in total. The maximum atomic E-state index is 12.4. The molecule has 0 radical (unpaired) electrons. The van der Waals surface area contributed by atoms with Crippen LogP contribution >= 0.6 is 0 Å². The van der Waals surface area contributed by atoms with Crippen molar-refractivity contribution in [1.29, 1.82) is 0 Å². The van der Waals surface area contributed by atoms with Gasteiger partial charge in [0.05, 0.1) is 11.8 Å². The van der Waals surface area contributed by atoms with Crippen molar-refractivity contribution in [3.05, 3.63) is 71.9 Å². The first-order valence-electron chi connectivity index (χ1n) is 8.68. The van der Waals surface area contributed by atoms with Crippen LogP contribution in [0.5, 0.6) is 0 Å². The molecule has 2 N–H and O–H groups in total. The summed E-state index contributed by atoms with van der Waals surface area (Å²) >= 11 is 0. The number of nitrogens with one attached hydrogen (secondary N) is 2. The van der Waals surface area contributed by atoms with E-state index in [1.807, 2.05) is 0 Å². The van der Waals surface area contributed by atoms with Crippen molar-refractivity contribution in [3.8, 4) is 0 Å². The molecule has 1 unspecified atom stereocenters. The lowest BCUT2D eigenvalue weighted by Gasteiger charge is -2.14. The normalized spacial score (nSPS) is 11.4. The summed E-state index contributed by atoms with van der Waals surface area (Å²) in [7, 11) is 0. The minimum atomic E-state index is -1.08. The van der Waals surface area contributed by atoms with E-state index in [1.54, 1.807) is 31.2 Å². The molecule has 0 spiro atoms. The first-order valence-corrected chi connectivity index (χ1v) is 8.68.